The minimum absolute atomic E-state index is 0.239. The van der Waals surface area contributed by atoms with Crippen LogP contribution in [-0.2, 0) is 11.3 Å². The quantitative estimate of drug-likeness (QED) is 0.873. The van der Waals surface area contributed by atoms with Crippen molar-refractivity contribution in [3.05, 3.63) is 34.9 Å². The van der Waals surface area contributed by atoms with Gasteiger partial charge >= 0.3 is 0 Å². The van der Waals surface area contributed by atoms with Gasteiger partial charge in [0.1, 0.15) is 0 Å². The molecule has 1 heterocycles. The Morgan fingerprint density at radius 3 is 2.90 bits per heavy atom. The van der Waals surface area contributed by atoms with Crippen LogP contribution in [0.4, 0.5) is 0 Å². The summed E-state index contributed by atoms with van der Waals surface area (Å²) in [6.07, 6.45) is 4.11. The van der Waals surface area contributed by atoms with Crippen LogP contribution in [0.1, 0.15) is 38.2 Å². The molecule has 1 unspecified atom stereocenters. The molecule has 4 heteroatoms. The van der Waals surface area contributed by atoms with Gasteiger partial charge in [0.2, 0.25) is 5.91 Å². The molecule has 1 atom stereocenters. The molecule has 0 bridgehead atoms. The summed E-state index contributed by atoms with van der Waals surface area (Å²) in [6.45, 7) is 5.55. The highest BCUT2D eigenvalue weighted by molar-refractivity contribution is 6.31. The standard InChI is InChI=1S/C17H25ClN2O/c1-2-20(13-15-7-3-4-8-16(15)18)17(21)10-9-14-6-5-11-19-12-14/h3-4,7-8,14,19H,2,5-6,9-13H2,1H3. The average molecular weight is 309 g/mol. The summed E-state index contributed by atoms with van der Waals surface area (Å²) < 4.78 is 0. The summed E-state index contributed by atoms with van der Waals surface area (Å²) in [5.74, 6) is 0.893. The fourth-order valence-electron chi connectivity index (χ4n) is 2.86. The number of hydrogen-bond donors (Lipinski definition) is 1. The molecular weight excluding hydrogens is 284 g/mol. The molecule has 1 saturated heterocycles. The zero-order chi connectivity index (χ0) is 15.1. The molecule has 2 rings (SSSR count). The number of rotatable bonds is 6. The van der Waals surface area contributed by atoms with Gasteiger partial charge in [-0.1, -0.05) is 29.8 Å². The SMILES string of the molecule is CCN(Cc1ccccc1Cl)C(=O)CCC1CCCNC1. The molecule has 0 spiro atoms. The van der Waals surface area contributed by atoms with Crippen LogP contribution in [0.5, 0.6) is 0 Å². The van der Waals surface area contributed by atoms with Crippen molar-refractivity contribution in [2.75, 3.05) is 19.6 Å². The first-order valence-electron chi connectivity index (χ1n) is 7.92. The second kappa shape index (κ2) is 8.40. The zero-order valence-electron chi connectivity index (χ0n) is 12.8. The lowest BCUT2D eigenvalue weighted by Gasteiger charge is -2.25. The Kier molecular flexibility index (Phi) is 6.52. The Balaban J connectivity index is 1.85. The summed E-state index contributed by atoms with van der Waals surface area (Å²) in [7, 11) is 0. The van der Waals surface area contributed by atoms with E-state index in [0.717, 1.165) is 36.6 Å². The first-order valence-corrected chi connectivity index (χ1v) is 8.30. The fourth-order valence-corrected chi connectivity index (χ4v) is 3.06. The van der Waals surface area contributed by atoms with Gasteiger partial charge in [0.05, 0.1) is 0 Å². The Labute approximate surface area is 132 Å². The number of nitrogens with one attached hydrogen (secondary N) is 1. The zero-order valence-corrected chi connectivity index (χ0v) is 13.5. The van der Waals surface area contributed by atoms with Gasteiger partial charge in [0.25, 0.3) is 0 Å². The number of benzene rings is 1. The highest BCUT2D eigenvalue weighted by atomic mass is 35.5. The van der Waals surface area contributed by atoms with E-state index in [1.807, 2.05) is 36.1 Å². The van der Waals surface area contributed by atoms with Gasteiger partial charge in [-0.25, -0.2) is 0 Å². The van der Waals surface area contributed by atoms with Crippen molar-refractivity contribution >= 4 is 17.5 Å². The summed E-state index contributed by atoms with van der Waals surface area (Å²) >= 11 is 6.18. The molecule has 0 radical (unpaired) electrons. The van der Waals surface area contributed by atoms with E-state index in [2.05, 4.69) is 5.32 Å². The van der Waals surface area contributed by atoms with E-state index in [-0.39, 0.29) is 5.91 Å². The number of carbonyl (C=O) groups is 1. The van der Waals surface area contributed by atoms with Crippen LogP contribution in [0.3, 0.4) is 0 Å². The average Bonchev–Trinajstić information content (AvgIpc) is 2.53. The molecule has 1 fully saturated rings. The summed E-state index contributed by atoms with van der Waals surface area (Å²) in [5, 5.41) is 4.14. The predicted octanol–water partition coefficient (Wildman–Crippen LogP) is 3.47. The van der Waals surface area contributed by atoms with Crippen molar-refractivity contribution in [3.63, 3.8) is 0 Å². The van der Waals surface area contributed by atoms with Gasteiger partial charge in [0, 0.05) is 24.5 Å². The van der Waals surface area contributed by atoms with E-state index in [1.165, 1.54) is 12.8 Å². The van der Waals surface area contributed by atoms with Crippen molar-refractivity contribution < 1.29 is 4.79 Å². The monoisotopic (exact) mass is 308 g/mol. The van der Waals surface area contributed by atoms with Gasteiger partial charge < -0.3 is 10.2 Å². The minimum Gasteiger partial charge on any atom is -0.339 e. The predicted molar refractivity (Wildman–Crippen MR) is 87.4 cm³/mol. The third-order valence-electron chi connectivity index (χ3n) is 4.22. The third-order valence-corrected chi connectivity index (χ3v) is 4.59. The molecule has 116 valence electrons. The molecule has 1 aliphatic heterocycles. The van der Waals surface area contributed by atoms with Crippen LogP contribution in [-0.4, -0.2) is 30.4 Å². The van der Waals surface area contributed by atoms with E-state index >= 15 is 0 Å². The maximum atomic E-state index is 12.4. The van der Waals surface area contributed by atoms with Gasteiger partial charge in [0.15, 0.2) is 0 Å². The fraction of sp³-hybridized carbons (Fsp3) is 0.588. The number of amides is 1. The third kappa shape index (κ3) is 5.01. The molecule has 1 aliphatic rings. The second-order valence-corrected chi connectivity index (χ2v) is 6.16. The van der Waals surface area contributed by atoms with Crippen LogP contribution in [0.15, 0.2) is 24.3 Å². The van der Waals surface area contributed by atoms with Crippen LogP contribution in [0.2, 0.25) is 5.02 Å². The van der Waals surface area contributed by atoms with E-state index in [0.29, 0.717) is 18.9 Å². The van der Waals surface area contributed by atoms with Crippen molar-refractivity contribution in [2.24, 2.45) is 5.92 Å². The van der Waals surface area contributed by atoms with Gasteiger partial charge in [-0.2, -0.15) is 0 Å². The van der Waals surface area contributed by atoms with Crippen LogP contribution in [0.25, 0.3) is 0 Å². The first-order chi connectivity index (χ1) is 10.2. The smallest absolute Gasteiger partial charge is 0.222 e. The number of hydrogen-bond acceptors (Lipinski definition) is 2. The van der Waals surface area contributed by atoms with E-state index in [1.54, 1.807) is 0 Å². The van der Waals surface area contributed by atoms with Crippen LogP contribution >= 0.6 is 11.6 Å². The molecule has 0 saturated carbocycles. The molecular formula is C17H25ClN2O. The van der Waals surface area contributed by atoms with Crippen molar-refractivity contribution in [3.8, 4) is 0 Å². The number of carbonyl (C=O) groups excluding carboxylic acids is 1. The lowest BCUT2D eigenvalue weighted by atomic mass is 9.94. The largest absolute Gasteiger partial charge is 0.339 e. The van der Waals surface area contributed by atoms with Gasteiger partial charge in [-0.3, -0.25) is 4.79 Å². The van der Waals surface area contributed by atoms with Crippen molar-refractivity contribution in [1.82, 2.24) is 10.2 Å². The summed E-state index contributed by atoms with van der Waals surface area (Å²) in [6, 6.07) is 7.75. The molecule has 3 nitrogen and oxygen atoms in total. The maximum Gasteiger partial charge on any atom is 0.222 e. The summed E-state index contributed by atoms with van der Waals surface area (Å²) in [4.78, 5) is 14.3. The topological polar surface area (TPSA) is 32.3 Å². The molecule has 1 amide bonds. The van der Waals surface area contributed by atoms with Crippen LogP contribution in [0, 0.1) is 5.92 Å². The highest BCUT2D eigenvalue weighted by Gasteiger charge is 2.18. The van der Waals surface area contributed by atoms with Crippen LogP contribution < -0.4 is 5.32 Å². The minimum atomic E-state index is 0.239. The normalized spacial score (nSPS) is 18.5. The number of halogens is 1. The van der Waals surface area contributed by atoms with Gasteiger partial charge in [-0.05, 0) is 56.8 Å². The lowest BCUT2D eigenvalue weighted by molar-refractivity contribution is -0.131. The Morgan fingerprint density at radius 1 is 1.43 bits per heavy atom. The maximum absolute atomic E-state index is 12.4. The summed E-state index contributed by atoms with van der Waals surface area (Å²) in [5.41, 5.74) is 1.02. The van der Waals surface area contributed by atoms with Crippen molar-refractivity contribution in [2.45, 2.75) is 39.2 Å². The number of piperidine rings is 1. The molecule has 21 heavy (non-hydrogen) atoms. The highest BCUT2D eigenvalue weighted by Crippen LogP contribution is 2.19. The molecule has 1 aromatic rings. The van der Waals surface area contributed by atoms with Gasteiger partial charge in [-0.15, -0.1) is 0 Å². The van der Waals surface area contributed by atoms with E-state index < -0.39 is 0 Å². The molecule has 0 aliphatic carbocycles. The molecule has 1 aromatic carbocycles. The Hall–Kier alpha value is -1.06. The van der Waals surface area contributed by atoms with Crippen molar-refractivity contribution in [1.29, 1.82) is 0 Å². The van der Waals surface area contributed by atoms with E-state index in [4.69, 9.17) is 11.6 Å². The Morgan fingerprint density at radius 2 is 2.24 bits per heavy atom. The molecule has 0 aromatic heterocycles. The number of nitrogens with zero attached hydrogens (tertiary/aromatic N) is 1. The Bertz CT molecular complexity index is 458. The second-order valence-electron chi connectivity index (χ2n) is 5.75. The first kappa shape index (κ1) is 16.3. The van der Waals surface area contributed by atoms with E-state index in [9.17, 15) is 4.79 Å². The lowest BCUT2D eigenvalue weighted by Crippen LogP contribution is -2.33. The molecule has 1 N–H and O–H groups in total.